The van der Waals surface area contributed by atoms with Crippen LogP contribution in [0.15, 0.2) is 61.1 Å². The Morgan fingerprint density at radius 3 is 2.66 bits per heavy atom. The van der Waals surface area contributed by atoms with E-state index >= 15 is 0 Å². The van der Waals surface area contributed by atoms with E-state index in [0.717, 1.165) is 11.3 Å². The molecule has 2 aromatic heterocycles. The van der Waals surface area contributed by atoms with Crippen LogP contribution in [0.25, 0.3) is 17.0 Å². The van der Waals surface area contributed by atoms with Gasteiger partial charge in [0.05, 0.1) is 31.2 Å². The van der Waals surface area contributed by atoms with Gasteiger partial charge in [-0.2, -0.15) is 0 Å². The number of carbonyl (C=O) groups excluding carboxylic acids is 1. The number of methoxy groups -OCH3 is 2. The maximum Gasteiger partial charge on any atom is 0.259 e. The molecule has 0 aliphatic carbocycles. The smallest absolute Gasteiger partial charge is 0.259 e. The van der Waals surface area contributed by atoms with Gasteiger partial charge in [0.1, 0.15) is 11.5 Å². The van der Waals surface area contributed by atoms with Gasteiger partial charge >= 0.3 is 0 Å². The van der Waals surface area contributed by atoms with E-state index in [1.54, 1.807) is 43.6 Å². The summed E-state index contributed by atoms with van der Waals surface area (Å²) in [6.07, 6.45) is 5.43. The number of halogens is 1. The Labute approximate surface area is 171 Å². The van der Waals surface area contributed by atoms with Crippen molar-refractivity contribution in [2.45, 2.75) is 0 Å². The predicted molar refractivity (Wildman–Crippen MR) is 111 cm³/mol. The number of hydrogen-bond donors (Lipinski definition) is 1. The molecule has 4 aromatic rings. The third-order valence-electron chi connectivity index (χ3n) is 4.39. The highest BCUT2D eigenvalue weighted by atomic mass is 35.5. The number of aromatic nitrogens is 3. The van der Waals surface area contributed by atoms with Crippen molar-refractivity contribution in [3.63, 3.8) is 0 Å². The van der Waals surface area contributed by atoms with E-state index in [1.807, 2.05) is 28.9 Å². The zero-order valence-corrected chi connectivity index (χ0v) is 16.5. The highest BCUT2D eigenvalue weighted by molar-refractivity contribution is 6.31. The standard InChI is InChI=1S/C21H17ClN4O3/c1-28-18-7-5-14(22)11-15(18)20(27)24-16-10-13(4-6-19(16)29-2)17-12-26-9-3-8-23-21(26)25-17/h3-12H,1-2H3,(H,24,27). The number of anilines is 1. The molecule has 2 aromatic carbocycles. The molecule has 1 N–H and O–H groups in total. The van der Waals surface area contributed by atoms with E-state index in [4.69, 9.17) is 21.1 Å². The Bertz CT molecular complexity index is 1170. The largest absolute Gasteiger partial charge is 0.496 e. The van der Waals surface area contributed by atoms with Crippen molar-refractivity contribution in [3.05, 3.63) is 71.6 Å². The quantitative estimate of drug-likeness (QED) is 0.532. The first kappa shape index (κ1) is 18.8. The van der Waals surface area contributed by atoms with E-state index in [1.165, 1.54) is 7.11 Å². The number of imidazole rings is 1. The third kappa shape index (κ3) is 3.72. The van der Waals surface area contributed by atoms with Gasteiger partial charge in [-0.1, -0.05) is 11.6 Å². The molecule has 0 saturated heterocycles. The molecule has 0 spiro atoms. The molecule has 7 nitrogen and oxygen atoms in total. The van der Waals surface area contributed by atoms with Gasteiger partial charge in [0.2, 0.25) is 5.78 Å². The van der Waals surface area contributed by atoms with E-state index in [9.17, 15) is 4.79 Å². The Hall–Kier alpha value is -3.58. The van der Waals surface area contributed by atoms with Gasteiger partial charge in [-0.05, 0) is 42.5 Å². The second-order valence-electron chi connectivity index (χ2n) is 6.17. The van der Waals surface area contributed by atoms with Crippen LogP contribution >= 0.6 is 11.6 Å². The number of rotatable bonds is 5. The first-order valence-electron chi connectivity index (χ1n) is 8.72. The lowest BCUT2D eigenvalue weighted by molar-refractivity contribution is 0.102. The van der Waals surface area contributed by atoms with Gasteiger partial charge < -0.3 is 14.8 Å². The summed E-state index contributed by atoms with van der Waals surface area (Å²) < 4.78 is 12.5. The lowest BCUT2D eigenvalue weighted by Gasteiger charge is -2.13. The lowest BCUT2D eigenvalue weighted by atomic mass is 10.1. The first-order valence-corrected chi connectivity index (χ1v) is 9.10. The Kier molecular flexibility index (Phi) is 5.05. The van der Waals surface area contributed by atoms with Crippen molar-refractivity contribution in [2.24, 2.45) is 0 Å². The average Bonchev–Trinajstić information content (AvgIpc) is 3.18. The number of nitrogens with one attached hydrogen (secondary N) is 1. The van der Waals surface area contributed by atoms with Gasteiger partial charge in [0, 0.05) is 29.2 Å². The summed E-state index contributed by atoms with van der Waals surface area (Å²) in [5.41, 5.74) is 2.36. The van der Waals surface area contributed by atoms with E-state index in [2.05, 4.69) is 15.3 Å². The average molecular weight is 409 g/mol. The summed E-state index contributed by atoms with van der Waals surface area (Å²) in [5, 5.41) is 3.31. The molecule has 146 valence electrons. The van der Waals surface area contributed by atoms with Crippen LogP contribution in [0.5, 0.6) is 11.5 Å². The van der Waals surface area contributed by atoms with Crippen molar-refractivity contribution in [1.82, 2.24) is 14.4 Å². The number of benzene rings is 2. The van der Waals surface area contributed by atoms with Crippen LogP contribution in [0.2, 0.25) is 5.02 Å². The zero-order valence-electron chi connectivity index (χ0n) is 15.7. The highest BCUT2D eigenvalue weighted by Crippen LogP contribution is 2.32. The van der Waals surface area contributed by atoms with Crippen LogP contribution in [0.4, 0.5) is 5.69 Å². The normalized spacial score (nSPS) is 10.7. The molecule has 1 amide bonds. The molecule has 4 rings (SSSR count). The van der Waals surface area contributed by atoms with Gasteiger partial charge in [-0.3, -0.25) is 9.20 Å². The zero-order chi connectivity index (χ0) is 20.4. The topological polar surface area (TPSA) is 77.8 Å². The third-order valence-corrected chi connectivity index (χ3v) is 4.62. The fraction of sp³-hybridized carbons (Fsp3) is 0.0952. The molecule has 0 radical (unpaired) electrons. The van der Waals surface area contributed by atoms with Crippen molar-refractivity contribution in [2.75, 3.05) is 19.5 Å². The van der Waals surface area contributed by atoms with Gasteiger partial charge in [-0.25, -0.2) is 9.97 Å². The number of carbonyl (C=O) groups is 1. The lowest BCUT2D eigenvalue weighted by Crippen LogP contribution is -2.14. The fourth-order valence-electron chi connectivity index (χ4n) is 2.98. The Morgan fingerprint density at radius 2 is 1.90 bits per heavy atom. The van der Waals surface area contributed by atoms with Crippen LogP contribution in [-0.4, -0.2) is 34.5 Å². The minimum Gasteiger partial charge on any atom is -0.496 e. The SMILES string of the molecule is COc1ccc(-c2cn3cccnc3n2)cc1NC(=O)c1cc(Cl)ccc1OC. The minimum atomic E-state index is -0.364. The summed E-state index contributed by atoms with van der Waals surface area (Å²) in [6, 6.07) is 12.1. The minimum absolute atomic E-state index is 0.324. The molecule has 0 fully saturated rings. The van der Waals surface area contributed by atoms with Crippen molar-refractivity contribution in [1.29, 1.82) is 0 Å². The van der Waals surface area contributed by atoms with Crippen LogP contribution in [-0.2, 0) is 0 Å². The molecule has 2 heterocycles. The van der Waals surface area contributed by atoms with Crippen LogP contribution < -0.4 is 14.8 Å². The molecule has 0 aliphatic heterocycles. The molecular formula is C21H17ClN4O3. The number of hydrogen-bond acceptors (Lipinski definition) is 5. The number of ether oxygens (including phenoxy) is 2. The van der Waals surface area contributed by atoms with Crippen LogP contribution in [0.3, 0.4) is 0 Å². The monoisotopic (exact) mass is 408 g/mol. The van der Waals surface area contributed by atoms with Crippen LogP contribution in [0, 0.1) is 0 Å². The summed E-state index contributed by atoms with van der Waals surface area (Å²) in [4.78, 5) is 21.6. The maximum absolute atomic E-state index is 12.9. The van der Waals surface area contributed by atoms with Crippen molar-refractivity contribution in [3.8, 4) is 22.8 Å². The second kappa shape index (κ2) is 7.81. The first-order chi connectivity index (χ1) is 14.1. The second-order valence-corrected chi connectivity index (χ2v) is 6.60. The predicted octanol–water partition coefficient (Wildman–Crippen LogP) is 4.32. The number of fused-ring (bicyclic) bond motifs is 1. The van der Waals surface area contributed by atoms with E-state index in [-0.39, 0.29) is 5.91 Å². The Morgan fingerprint density at radius 1 is 1.10 bits per heavy atom. The van der Waals surface area contributed by atoms with E-state index in [0.29, 0.717) is 33.6 Å². The van der Waals surface area contributed by atoms with Gasteiger partial charge in [-0.15, -0.1) is 0 Å². The summed E-state index contributed by atoms with van der Waals surface area (Å²) in [5.74, 6) is 1.17. The molecule has 8 heteroatoms. The summed E-state index contributed by atoms with van der Waals surface area (Å²) in [6.45, 7) is 0. The highest BCUT2D eigenvalue weighted by Gasteiger charge is 2.16. The molecule has 29 heavy (non-hydrogen) atoms. The maximum atomic E-state index is 12.9. The van der Waals surface area contributed by atoms with E-state index < -0.39 is 0 Å². The summed E-state index contributed by atoms with van der Waals surface area (Å²) >= 11 is 6.05. The molecule has 0 atom stereocenters. The fourth-order valence-corrected chi connectivity index (χ4v) is 3.15. The Balaban J connectivity index is 1.70. The van der Waals surface area contributed by atoms with Crippen molar-refractivity contribution >= 4 is 29.0 Å². The number of amides is 1. The van der Waals surface area contributed by atoms with Crippen LogP contribution in [0.1, 0.15) is 10.4 Å². The molecule has 0 aliphatic rings. The van der Waals surface area contributed by atoms with Gasteiger partial charge in [0.25, 0.3) is 5.91 Å². The summed E-state index contributed by atoms with van der Waals surface area (Å²) in [7, 11) is 3.04. The molecular weight excluding hydrogens is 392 g/mol. The molecule has 0 saturated carbocycles. The number of nitrogens with zero attached hydrogens (tertiary/aromatic N) is 3. The van der Waals surface area contributed by atoms with Crippen molar-refractivity contribution < 1.29 is 14.3 Å². The van der Waals surface area contributed by atoms with Gasteiger partial charge in [0.15, 0.2) is 0 Å². The molecule has 0 bridgehead atoms. The molecule has 0 unspecified atom stereocenters.